The molecule has 0 aliphatic heterocycles. The van der Waals surface area contributed by atoms with E-state index in [2.05, 4.69) is 0 Å². The average Bonchev–Trinajstić information content (AvgIpc) is 2.36. The summed E-state index contributed by atoms with van der Waals surface area (Å²) in [4.78, 5) is 22.5. The van der Waals surface area contributed by atoms with Crippen LogP contribution in [0.2, 0.25) is 0 Å². The number of carboxylic acids is 1. The van der Waals surface area contributed by atoms with Crippen molar-refractivity contribution in [1.82, 2.24) is 0 Å². The zero-order valence-electron chi connectivity index (χ0n) is 11.0. The third-order valence-electron chi connectivity index (χ3n) is 2.25. The van der Waals surface area contributed by atoms with E-state index in [4.69, 9.17) is 15.1 Å². The normalized spacial score (nSPS) is 11.0. The molecule has 0 aromatic heterocycles. The molecule has 0 radical (unpaired) electrons. The van der Waals surface area contributed by atoms with E-state index in [1.807, 2.05) is 0 Å². The number of nitriles is 1. The number of esters is 1. The molecule has 1 rings (SSSR count). The van der Waals surface area contributed by atoms with Crippen LogP contribution in [0.15, 0.2) is 23.8 Å². The fourth-order valence-electron chi connectivity index (χ4n) is 1.40. The number of aromatic carboxylic acids is 1. The molecule has 1 aromatic rings. The summed E-state index contributed by atoms with van der Waals surface area (Å²) in [5.41, 5.74) is -0.258. The van der Waals surface area contributed by atoms with Gasteiger partial charge in [0.05, 0.1) is 6.10 Å². The number of carbonyl (C=O) groups is 2. The third kappa shape index (κ3) is 3.85. The molecule has 6 heteroatoms. The first-order valence-electron chi connectivity index (χ1n) is 5.74. The van der Waals surface area contributed by atoms with E-state index in [1.54, 1.807) is 19.9 Å². The minimum atomic E-state index is -1.30. The maximum atomic E-state index is 11.6. The Hall–Kier alpha value is -2.81. The highest BCUT2D eigenvalue weighted by Gasteiger charge is 2.14. The maximum absolute atomic E-state index is 11.6. The van der Waals surface area contributed by atoms with E-state index in [-0.39, 0.29) is 17.2 Å². The summed E-state index contributed by atoms with van der Waals surface area (Å²) in [6.45, 7) is 3.30. The quantitative estimate of drug-likeness (QED) is 0.494. The zero-order valence-corrected chi connectivity index (χ0v) is 11.0. The highest BCUT2D eigenvalue weighted by atomic mass is 16.5. The Balaban J connectivity index is 3.14. The number of nitrogens with zero attached hydrogens (tertiary/aromatic N) is 1. The van der Waals surface area contributed by atoms with E-state index < -0.39 is 17.7 Å². The fourth-order valence-corrected chi connectivity index (χ4v) is 1.40. The SMILES string of the molecule is CC(C)OC(=O)C(C#N)=Cc1ccc(O)c(C(=O)O)c1. The van der Waals surface area contributed by atoms with Gasteiger partial charge in [-0.2, -0.15) is 5.26 Å². The number of carbonyl (C=O) groups excluding carboxylic acids is 1. The van der Waals surface area contributed by atoms with Gasteiger partial charge in [-0.3, -0.25) is 0 Å². The smallest absolute Gasteiger partial charge is 0.349 e. The number of hydrogen-bond donors (Lipinski definition) is 2. The molecule has 104 valence electrons. The second-order valence-corrected chi connectivity index (χ2v) is 4.21. The van der Waals surface area contributed by atoms with Gasteiger partial charge in [-0.15, -0.1) is 0 Å². The van der Waals surface area contributed by atoms with Gasteiger partial charge in [-0.1, -0.05) is 6.07 Å². The number of rotatable bonds is 4. The Morgan fingerprint density at radius 2 is 2.05 bits per heavy atom. The van der Waals surface area contributed by atoms with Crippen LogP contribution in [0.4, 0.5) is 0 Å². The summed E-state index contributed by atoms with van der Waals surface area (Å²) in [6.07, 6.45) is 0.838. The van der Waals surface area contributed by atoms with E-state index in [9.17, 15) is 14.7 Å². The van der Waals surface area contributed by atoms with Crippen molar-refractivity contribution in [2.45, 2.75) is 20.0 Å². The van der Waals surface area contributed by atoms with Gasteiger partial charge in [0.15, 0.2) is 0 Å². The number of carboxylic acid groups (broad SMARTS) is 1. The van der Waals surface area contributed by atoms with Crippen LogP contribution < -0.4 is 0 Å². The maximum Gasteiger partial charge on any atom is 0.349 e. The molecule has 0 heterocycles. The summed E-state index contributed by atoms with van der Waals surface area (Å²) < 4.78 is 4.88. The van der Waals surface area contributed by atoms with Crippen molar-refractivity contribution in [2.24, 2.45) is 0 Å². The van der Waals surface area contributed by atoms with Crippen LogP contribution in [-0.4, -0.2) is 28.3 Å². The first kappa shape index (κ1) is 15.2. The molecule has 0 saturated carbocycles. The predicted octanol–water partition coefficient (Wildman–Crippen LogP) is 1.95. The van der Waals surface area contributed by atoms with Gasteiger partial charge in [-0.25, -0.2) is 9.59 Å². The summed E-state index contributed by atoms with van der Waals surface area (Å²) in [5, 5.41) is 27.2. The fraction of sp³-hybridized carbons (Fsp3) is 0.214. The Bertz CT molecular complexity index is 610. The number of benzene rings is 1. The Morgan fingerprint density at radius 3 is 2.55 bits per heavy atom. The number of ether oxygens (including phenoxy) is 1. The van der Waals surface area contributed by atoms with Gasteiger partial charge >= 0.3 is 11.9 Å². The van der Waals surface area contributed by atoms with E-state index >= 15 is 0 Å². The van der Waals surface area contributed by atoms with Crippen molar-refractivity contribution in [2.75, 3.05) is 0 Å². The largest absolute Gasteiger partial charge is 0.507 e. The van der Waals surface area contributed by atoms with Gasteiger partial charge in [0.1, 0.15) is 23.0 Å². The summed E-state index contributed by atoms with van der Waals surface area (Å²) >= 11 is 0. The van der Waals surface area contributed by atoms with Gasteiger partial charge in [0, 0.05) is 0 Å². The van der Waals surface area contributed by atoms with E-state index in [0.29, 0.717) is 5.56 Å². The number of aromatic hydroxyl groups is 1. The Morgan fingerprint density at radius 1 is 1.40 bits per heavy atom. The zero-order chi connectivity index (χ0) is 15.3. The topological polar surface area (TPSA) is 108 Å². The number of phenols is 1. The van der Waals surface area contributed by atoms with Crippen molar-refractivity contribution >= 4 is 18.0 Å². The standard InChI is InChI=1S/C14H13NO5/c1-8(2)20-14(19)10(7-15)5-9-3-4-12(16)11(6-9)13(17)18/h3-6,8,16H,1-2H3,(H,17,18). The predicted molar refractivity (Wildman–Crippen MR) is 69.9 cm³/mol. The Kier molecular flexibility index (Phi) is 4.87. The van der Waals surface area contributed by atoms with Gasteiger partial charge in [0.25, 0.3) is 0 Å². The first-order valence-corrected chi connectivity index (χ1v) is 5.74. The molecule has 2 N–H and O–H groups in total. The van der Waals surface area contributed by atoms with Crippen LogP contribution in [0.5, 0.6) is 5.75 Å². The monoisotopic (exact) mass is 275 g/mol. The summed E-state index contributed by atoms with van der Waals surface area (Å²) in [6, 6.07) is 5.43. The lowest BCUT2D eigenvalue weighted by Crippen LogP contribution is -2.12. The van der Waals surface area contributed by atoms with E-state index in [1.165, 1.54) is 18.2 Å². The van der Waals surface area contributed by atoms with Crippen LogP contribution in [0.3, 0.4) is 0 Å². The molecule has 0 spiro atoms. The molecule has 0 aliphatic rings. The third-order valence-corrected chi connectivity index (χ3v) is 2.25. The summed E-state index contributed by atoms with van der Waals surface area (Å²) in [5.74, 6) is -2.48. The molecule has 0 saturated heterocycles. The van der Waals surface area contributed by atoms with Crippen molar-refractivity contribution in [3.63, 3.8) is 0 Å². The van der Waals surface area contributed by atoms with Crippen molar-refractivity contribution in [1.29, 1.82) is 5.26 Å². The molecule has 0 fully saturated rings. The van der Waals surface area contributed by atoms with Gasteiger partial charge < -0.3 is 14.9 Å². The lowest BCUT2D eigenvalue weighted by molar-refractivity contribution is -0.142. The second-order valence-electron chi connectivity index (χ2n) is 4.21. The molecule has 0 atom stereocenters. The molecule has 0 amide bonds. The van der Waals surface area contributed by atoms with E-state index in [0.717, 1.165) is 6.07 Å². The molecular formula is C14H13NO5. The molecular weight excluding hydrogens is 262 g/mol. The van der Waals surface area contributed by atoms with Crippen LogP contribution in [0.1, 0.15) is 29.8 Å². The first-order chi connectivity index (χ1) is 9.35. The van der Waals surface area contributed by atoms with Crippen LogP contribution in [0.25, 0.3) is 6.08 Å². The molecule has 1 aromatic carbocycles. The Labute approximate surface area is 115 Å². The second kappa shape index (κ2) is 6.38. The minimum absolute atomic E-state index is 0.249. The average molecular weight is 275 g/mol. The minimum Gasteiger partial charge on any atom is -0.507 e. The summed E-state index contributed by atoms with van der Waals surface area (Å²) in [7, 11) is 0. The van der Waals surface area contributed by atoms with Crippen molar-refractivity contribution in [3.8, 4) is 11.8 Å². The van der Waals surface area contributed by atoms with Gasteiger partial charge in [-0.05, 0) is 37.6 Å². The highest BCUT2D eigenvalue weighted by Crippen LogP contribution is 2.20. The molecule has 20 heavy (non-hydrogen) atoms. The van der Waals surface area contributed by atoms with Gasteiger partial charge in [0.2, 0.25) is 0 Å². The lowest BCUT2D eigenvalue weighted by atomic mass is 10.1. The molecule has 6 nitrogen and oxygen atoms in total. The molecule has 0 unspecified atom stereocenters. The lowest BCUT2D eigenvalue weighted by Gasteiger charge is -2.06. The number of hydrogen-bond acceptors (Lipinski definition) is 5. The molecule has 0 bridgehead atoms. The van der Waals surface area contributed by atoms with Crippen LogP contribution in [0, 0.1) is 11.3 Å². The van der Waals surface area contributed by atoms with Crippen molar-refractivity contribution in [3.05, 3.63) is 34.9 Å². The highest BCUT2D eigenvalue weighted by molar-refractivity contribution is 5.98. The molecule has 0 aliphatic carbocycles. The van der Waals surface area contributed by atoms with Crippen LogP contribution >= 0.6 is 0 Å². The van der Waals surface area contributed by atoms with Crippen LogP contribution in [-0.2, 0) is 9.53 Å². The van der Waals surface area contributed by atoms with Crippen molar-refractivity contribution < 1.29 is 24.5 Å².